The molecule has 4 aromatic rings. The molecule has 0 aliphatic carbocycles. The second kappa shape index (κ2) is 8.86. The minimum Gasteiger partial charge on any atom is -0.0709 e. The third kappa shape index (κ3) is 3.68. The van der Waals surface area contributed by atoms with Gasteiger partial charge in [-0.1, -0.05) is 148 Å². The molecule has 1 aliphatic rings. The summed E-state index contributed by atoms with van der Waals surface area (Å²) in [5, 5.41) is 3.22. The van der Waals surface area contributed by atoms with Gasteiger partial charge in [-0.3, -0.25) is 0 Å². The number of hydrogen-bond acceptors (Lipinski definition) is 0. The van der Waals surface area contributed by atoms with E-state index in [4.69, 9.17) is 0 Å². The summed E-state index contributed by atoms with van der Waals surface area (Å²) in [5.41, 5.74) is 8.29. The van der Waals surface area contributed by atoms with E-state index in [-0.39, 0.29) is 0 Å². The molecule has 0 saturated carbocycles. The SMILES string of the molecule is C[Si](C)(C)[Si]1(C)C(c2ccccc2)=C(c2ccccc2)C(c2ccccc2)=C1c1ccccc1. The smallest absolute Gasteiger partial charge is 0.0709 e. The molecule has 0 saturated heterocycles. The molecule has 0 fully saturated rings. The first-order chi connectivity index (χ1) is 16.4. The summed E-state index contributed by atoms with van der Waals surface area (Å²) in [6, 6.07) is 44.6. The van der Waals surface area contributed by atoms with Gasteiger partial charge in [0.25, 0.3) is 0 Å². The van der Waals surface area contributed by atoms with Crippen molar-refractivity contribution >= 4 is 36.7 Å². The van der Waals surface area contributed by atoms with Crippen LogP contribution >= 0.6 is 0 Å². The molecule has 0 bridgehead atoms. The Morgan fingerprint density at radius 2 is 0.676 bits per heavy atom. The van der Waals surface area contributed by atoms with Gasteiger partial charge in [-0.2, -0.15) is 0 Å². The number of benzene rings is 4. The van der Waals surface area contributed by atoms with Gasteiger partial charge in [0.1, 0.15) is 7.59 Å². The molecule has 34 heavy (non-hydrogen) atoms. The maximum absolute atomic E-state index is 2.66. The maximum atomic E-state index is 2.66. The van der Waals surface area contributed by atoms with Crippen molar-refractivity contribution in [1.29, 1.82) is 0 Å². The Morgan fingerprint density at radius 3 is 0.941 bits per heavy atom. The molecule has 5 rings (SSSR count). The van der Waals surface area contributed by atoms with E-state index >= 15 is 0 Å². The largest absolute Gasteiger partial charge is 0.110 e. The summed E-state index contributed by atoms with van der Waals surface area (Å²) >= 11 is 0. The third-order valence-corrected chi connectivity index (χ3v) is 24.1. The Morgan fingerprint density at radius 1 is 0.412 bits per heavy atom. The highest BCUT2D eigenvalue weighted by Gasteiger charge is 2.54. The number of hydrogen-bond donors (Lipinski definition) is 0. The van der Waals surface area contributed by atoms with Gasteiger partial charge < -0.3 is 0 Å². The monoisotopic (exact) mass is 472 g/mol. The van der Waals surface area contributed by atoms with Crippen molar-refractivity contribution in [2.24, 2.45) is 0 Å². The molecule has 0 spiro atoms. The summed E-state index contributed by atoms with van der Waals surface area (Å²) in [7, 11) is -3.79. The van der Waals surface area contributed by atoms with Crippen molar-refractivity contribution in [3.05, 3.63) is 144 Å². The van der Waals surface area contributed by atoms with Crippen molar-refractivity contribution in [3.8, 4) is 0 Å². The standard InChI is InChI=1S/C32H32Si2/c1-33(2,3)34(4)31(27-21-13-7-14-22-27)29(25-17-9-5-10-18-25)30(26-19-11-6-12-20-26)32(34)28-23-15-8-16-24-28/h5-24H,1-4H3. The second-order valence-corrected chi connectivity index (χ2v) is 25.6. The molecule has 0 N–H and O–H groups in total. The quantitative estimate of drug-likeness (QED) is 0.255. The summed E-state index contributed by atoms with van der Waals surface area (Å²) in [6.07, 6.45) is 0. The van der Waals surface area contributed by atoms with Gasteiger partial charge in [-0.05, 0) is 43.8 Å². The van der Waals surface area contributed by atoms with Crippen LogP contribution in [0.2, 0.25) is 26.2 Å². The van der Waals surface area contributed by atoms with Gasteiger partial charge in [-0.15, -0.1) is 0 Å². The zero-order chi connectivity index (χ0) is 23.8. The summed E-state index contributed by atoms with van der Waals surface area (Å²) < 4.78 is 0. The van der Waals surface area contributed by atoms with Gasteiger partial charge in [-0.25, -0.2) is 0 Å². The molecule has 0 radical (unpaired) electrons. The Balaban J connectivity index is 2.00. The maximum Gasteiger partial charge on any atom is 0.110 e. The highest BCUT2D eigenvalue weighted by molar-refractivity contribution is 7.55. The van der Waals surface area contributed by atoms with Crippen molar-refractivity contribution < 1.29 is 0 Å². The second-order valence-electron chi connectivity index (χ2n) is 10.3. The molecule has 0 atom stereocenters. The first kappa shape index (κ1) is 22.6. The lowest BCUT2D eigenvalue weighted by atomic mass is 9.89. The van der Waals surface area contributed by atoms with Gasteiger partial charge in [0.2, 0.25) is 0 Å². The molecule has 0 unspecified atom stereocenters. The van der Waals surface area contributed by atoms with Crippen LogP contribution in [0.25, 0.3) is 21.5 Å². The molecule has 4 aromatic carbocycles. The molecule has 1 heterocycles. The van der Waals surface area contributed by atoms with Crippen LogP contribution in [0.3, 0.4) is 0 Å². The highest BCUT2D eigenvalue weighted by atomic mass is 29.3. The van der Waals surface area contributed by atoms with Crippen molar-refractivity contribution in [3.63, 3.8) is 0 Å². The zero-order valence-electron chi connectivity index (χ0n) is 20.5. The van der Waals surface area contributed by atoms with Crippen LogP contribution < -0.4 is 0 Å². The first-order valence-electron chi connectivity index (χ1n) is 12.1. The third-order valence-electron chi connectivity index (χ3n) is 7.50. The van der Waals surface area contributed by atoms with Crippen LogP contribution in [-0.2, 0) is 0 Å². The van der Waals surface area contributed by atoms with Crippen molar-refractivity contribution in [2.75, 3.05) is 0 Å². The molecule has 0 nitrogen and oxygen atoms in total. The Bertz CT molecular complexity index is 1250. The minimum atomic E-state index is -2.12. The number of allylic oxidation sites excluding steroid dienone is 2. The summed E-state index contributed by atoms with van der Waals surface area (Å²) in [5.74, 6) is 0. The van der Waals surface area contributed by atoms with Crippen LogP contribution in [0.1, 0.15) is 22.3 Å². The summed E-state index contributed by atoms with van der Waals surface area (Å²) in [6.45, 7) is 10.4. The van der Waals surface area contributed by atoms with Crippen LogP contribution in [0.15, 0.2) is 121 Å². The highest BCUT2D eigenvalue weighted by Crippen LogP contribution is 2.58. The lowest BCUT2D eigenvalue weighted by molar-refractivity contribution is 1.58. The molecule has 0 amide bonds. The molecule has 168 valence electrons. The zero-order valence-corrected chi connectivity index (χ0v) is 22.5. The predicted octanol–water partition coefficient (Wildman–Crippen LogP) is 8.80. The molecule has 1 aliphatic heterocycles. The van der Waals surface area contributed by atoms with E-state index in [0.717, 1.165) is 0 Å². The minimum absolute atomic E-state index is 1.32. The van der Waals surface area contributed by atoms with E-state index in [0.29, 0.717) is 0 Å². The van der Waals surface area contributed by atoms with E-state index in [2.05, 4.69) is 148 Å². The Labute approximate surface area is 206 Å². The van der Waals surface area contributed by atoms with Crippen molar-refractivity contribution in [2.45, 2.75) is 26.2 Å². The molecular weight excluding hydrogens is 441 g/mol. The van der Waals surface area contributed by atoms with Crippen LogP contribution in [0.4, 0.5) is 0 Å². The van der Waals surface area contributed by atoms with E-state index in [9.17, 15) is 0 Å². The molecule has 2 heteroatoms. The Kier molecular flexibility index (Phi) is 5.89. The average molecular weight is 473 g/mol. The fourth-order valence-electron chi connectivity index (χ4n) is 5.49. The Hall–Kier alpha value is -3.21. The van der Waals surface area contributed by atoms with Crippen LogP contribution in [-0.4, -0.2) is 15.2 Å². The normalized spacial score (nSPS) is 15.6. The summed E-state index contributed by atoms with van der Waals surface area (Å²) in [4.78, 5) is 0. The van der Waals surface area contributed by atoms with Gasteiger partial charge >= 0.3 is 0 Å². The predicted molar refractivity (Wildman–Crippen MR) is 154 cm³/mol. The van der Waals surface area contributed by atoms with E-state index in [1.54, 1.807) is 10.4 Å². The topological polar surface area (TPSA) is 0 Å². The number of rotatable bonds is 5. The van der Waals surface area contributed by atoms with Gasteiger partial charge in [0, 0.05) is 7.59 Å². The van der Waals surface area contributed by atoms with E-state index in [1.807, 2.05) is 0 Å². The van der Waals surface area contributed by atoms with Crippen LogP contribution in [0, 0.1) is 0 Å². The van der Waals surface area contributed by atoms with Crippen molar-refractivity contribution in [1.82, 2.24) is 0 Å². The van der Waals surface area contributed by atoms with Gasteiger partial charge in [0.05, 0.1) is 0 Å². The average Bonchev–Trinajstić information content (AvgIpc) is 3.16. The van der Waals surface area contributed by atoms with E-state index in [1.165, 1.54) is 33.4 Å². The molecular formula is C32H32Si2. The molecule has 0 aromatic heterocycles. The lowest BCUT2D eigenvalue weighted by Crippen LogP contribution is -2.56. The fourth-order valence-corrected chi connectivity index (χ4v) is 16.4. The van der Waals surface area contributed by atoms with E-state index < -0.39 is 15.2 Å². The first-order valence-corrected chi connectivity index (χ1v) is 19.1. The lowest BCUT2D eigenvalue weighted by Gasteiger charge is -2.41. The fraction of sp³-hybridized carbons (Fsp3) is 0.125. The van der Waals surface area contributed by atoms with Gasteiger partial charge in [0.15, 0.2) is 0 Å². The van der Waals surface area contributed by atoms with Crippen LogP contribution in [0.5, 0.6) is 0 Å².